The lowest BCUT2D eigenvalue weighted by molar-refractivity contribution is -0.0498. The Kier molecular flexibility index (Phi) is 7.41. The van der Waals surface area contributed by atoms with Gasteiger partial charge >= 0.3 is 6.61 Å². The quantitative estimate of drug-likeness (QED) is 0.671. The van der Waals surface area contributed by atoms with Gasteiger partial charge in [-0.05, 0) is 56.1 Å². The summed E-state index contributed by atoms with van der Waals surface area (Å²) in [5.41, 5.74) is 0.638. The molecule has 0 radical (unpaired) electrons. The van der Waals surface area contributed by atoms with E-state index in [1.165, 1.54) is 24.3 Å². The fourth-order valence-electron chi connectivity index (χ4n) is 2.36. The van der Waals surface area contributed by atoms with Crippen LogP contribution in [0.1, 0.15) is 11.6 Å². The van der Waals surface area contributed by atoms with Crippen LogP contribution in [-0.4, -0.2) is 40.6 Å². The number of sulfonamides is 1. The Morgan fingerprint density at radius 1 is 1.07 bits per heavy atom. The smallest absolute Gasteiger partial charge is 0.387 e. The molecule has 10 heteroatoms. The van der Waals surface area contributed by atoms with Crippen LogP contribution in [0.4, 0.5) is 8.78 Å². The zero-order valence-electron chi connectivity index (χ0n) is 14.5. The van der Waals surface area contributed by atoms with E-state index in [0.717, 1.165) is 0 Å². The number of hydrogen-bond donors (Lipinski definition) is 1. The number of ether oxygens (including phenoxy) is 1. The zero-order valence-corrected chi connectivity index (χ0v) is 16.8. The summed E-state index contributed by atoms with van der Waals surface area (Å²) in [7, 11) is -0.315. The molecule has 27 heavy (non-hydrogen) atoms. The topological polar surface area (TPSA) is 58.6 Å². The summed E-state index contributed by atoms with van der Waals surface area (Å²) >= 11 is 12.0. The van der Waals surface area contributed by atoms with Gasteiger partial charge in [-0.3, -0.25) is 0 Å². The van der Waals surface area contributed by atoms with Crippen LogP contribution in [0.2, 0.25) is 10.0 Å². The molecule has 0 saturated carbocycles. The van der Waals surface area contributed by atoms with Gasteiger partial charge in [0.25, 0.3) is 0 Å². The van der Waals surface area contributed by atoms with Gasteiger partial charge in [0.15, 0.2) is 0 Å². The first-order valence-corrected chi connectivity index (χ1v) is 9.99. The first-order valence-electron chi connectivity index (χ1n) is 7.75. The largest absolute Gasteiger partial charge is 0.435 e. The first-order chi connectivity index (χ1) is 12.6. The van der Waals surface area contributed by atoms with Crippen molar-refractivity contribution in [3.8, 4) is 5.75 Å². The van der Waals surface area contributed by atoms with Crippen LogP contribution in [-0.2, 0) is 10.0 Å². The monoisotopic (exact) mass is 438 g/mol. The fourth-order valence-corrected chi connectivity index (χ4v) is 3.88. The normalized spacial score (nSPS) is 13.2. The van der Waals surface area contributed by atoms with Crippen molar-refractivity contribution < 1.29 is 21.9 Å². The van der Waals surface area contributed by atoms with E-state index >= 15 is 0 Å². The minimum atomic E-state index is -3.92. The highest BCUT2D eigenvalue weighted by atomic mass is 35.5. The molecule has 0 heterocycles. The highest BCUT2D eigenvalue weighted by Gasteiger charge is 2.23. The molecule has 0 aliphatic rings. The molecule has 0 aliphatic heterocycles. The summed E-state index contributed by atoms with van der Waals surface area (Å²) in [4.78, 5) is 1.74. The van der Waals surface area contributed by atoms with E-state index in [1.54, 1.807) is 32.3 Å². The van der Waals surface area contributed by atoms with Crippen LogP contribution >= 0.6 is 23.2 Å². The Bertz CT molecular complexity index is 878. The molecule has 148 valence electrons. The van der Waals surface area contributed by atoms with Crippen LogP contribution < -0.4 is 9.46 Å². The lowest BCUT2D eigenvalue weighted by Crippen LogP contribution is -2.35. The van der Waals surface area contributed by atoms with E-state index < -0.39 is 22.7 Å². The molecule has 2 aromatic carbocycles. The summed E-state index contributed by atoms with van der Waals surface area (Å²) in [5.74, 6) is -0.127. The van der Waals surface area contributed by atoms with Crippen molar-refractivity contribution in [2.24, 2.45) is 0 Å². The lowest BCUT2D eigenvalue weighted by Gasteiger charge is -2.23. The third-order valence-corrected chi connectivity index (χ3v) is 5.78. The van der Waals surface area contributed by atoms with Crippen LogP contribution in [0.15, 0.2) is 47.4 Å². The molecule has 1 atom stereocenters. The molecular weight excluding hydrogens is 421 g/mol. The SMILES string of the molecule is CN(C)C[C@H](NS(=O)(=O)c1ccc(OC(F)F)cc1)c1ccc(Cl)c(Cl)c1. The number of nitrogens with zero attached hydrogens (tertiary/aromatic N) is 1. The maximum absolute atomic E-state index is 12.7. The summed E-state index contributed by atoms with van der Waals surface area (Å²) in [6, 6.07) is 9.00. The lowest BCUT2D eigenvalue weighted by atomic mass is 10.1. The fraction of sp³-hybridized carbons (Fsp3) is 0.294. The molecule has 0 unspecified atom stereocenters. The number of rotatable bonds is 8. The molecule has 1 N–H and O–H groups in total. The number of hydrogen-bond acceptors (Lipinski definition) is 4. The average molecular weight is 439 g/mol. The van der Waals surface area contributed by atoms with Crippen LogP contribution in [0.3, 0.4) is 0 Å². The average Bonchev–Trinajstić information content (AvgIpc) is 2.56. The first kappa shape index (κ1) is 21.8. The van der Waals surface area contributed by atoms with Gasteiger partial charge in [0, 0.05) is 6.54 Å². The van der Waals surface area contributed by atoms with Crippen molar-refractivity contribution in [2.75, 3.05) is 20.6 Å². The molecule has 0 saturated heterocycles. The van der Waals surface area contributed by atoms with E-state index in [0.29, 0.717) is 22.2 Å². The van der Waals surface area contributed by atoms with Crippen LogP contribution in [0, 0.1) is 0 Å². The maximum atomic E-state index is 12.7. The van der Waals surface area contributed by atoms with Gasteiger partial charge in [0.1, 0.15) is 5.75 Å². The number of alkyl halides is 2. The van der Waals surface area contributed by atoms with E-state index in [1.807, 2.05) is 4.90 Å². The zero-order chi connectivity index (χ0) is 20.2. The van der Waals surface area contributed by atoms with Gasteiger partial charge in [-0.2, -0.15) is 8.78 Å². The van der Waals surface area contributed by atoms with Crippen molar-refractivity contribution >= 4 is 33.2 Å². The molecule has 0 aliphatic carbocycles. The van der Waals surface area contributed by atoms with Gasteiger partial charge in [-0.25, -0.2) is 13.1 Å². The van der Waals surface area contributed by atoms with Gasteiger partial charge < -0.3 is 9.64 Å². The third kappa shape index (κ3) is 6.29. The van der Waals surface area contributed by atoms with E-state index in [9.17, 15) is 17.2 Å². The van der Waals surface area contributed by atoms with Crippen molar-refractivity contribution in [3.63, 3.8) is 0 Å². The van der Waals surface area contributed by atoms with Crippen molar-refractivity contribution in [3.05, 3.63) is 58.1 Å². The number of halogens is 4. The van der Waals surface area contributed by atoms with E-state index in [-0.39, 0.29) is 10.6 Å². The third-order valence-electron chi connectivity index (χ3n) is 3.55. The highest BCUT2D eigenvalue weighted by molar-refractivity contribution is 7.89. The molecule has 5 nitrogen and oxygen atoms in total. The molecule has 0 aromatic heterocycles. The second-order valence-electron chi connectivity index (χ2n) is 5.96. The van der Waals surface area contributed by atoms with Gasteiger partial charge in [-0.1, -0.05) is 29.3 Å². The molecular formula is C17H18Cl2F2N2O3S. The standard InChI is InChI=1S/C17H18Cl2F2N2O3S/c1-23(2)10-16(11-3-8-14(18)15(19)9-11)22-27(24,25)13-6-4-12(5-7-13)26-17(20)21/h3-9,16-17,22H,10H2,1-2H3/t16-/m0/s1. The Morgan fingerprint density at radius 2 is 1.70 bits per heavy atom. The summed E-state index contributed by atoms with van der Waals surface area (Å²) in [6.07, 6.45) is 0. The predicted octanol–water partition coefficient (Wildman–Crippen LogP) is 4.18. The molecule has 0 bridgehead atoms. The van der Waals surface area contributed by atoms with Gasteiger partial charge in [0.2, 0.25) is 10.0 Å². The summed E-state index contributed by atoms with van der Waals surface area (Å²) in [5, 5.41) is 0.673. The number of likely N-dealkylation sites (N-methyl/N-ethyl adjacent to an activating group) is 1. The van der Waals surface area contributed by atoms with Crippen LogP contribution in [0.25, 0.3) is 0 Å². The minimum absolute atomic E-state index is 0.0760. The minimum Gasteiger partial charge on any atom is -0.435 e. The van der Waals surface area contributed by atoms with Crippen molar-refractivity contribution in [1.82, 2.24) is 9.62 Å². The summed E-state index contributed by atoms with van der Waals surface area (Å²) < 4.78 is 56.7. The second-order valence-corrected chi connectivity index (χ2v) is 8.49. The molecule has 2 rings (SSSR count). The predicted molar refractivity (Wildman–Crippen MR) is 101 cm³/mol. The van der Waals surface area contributed by atoms with Gasteiger partial charge in [0.05, 0.1) is 21.0 Å². The molecule has 0 spiro atoms. The number of benzene rings is 2. The molecule has 2 aromatic rings. The van der Waals surface area contributed by atoms with E-state index in [2.05, 4.69) is 9.46 Å². The Morgan fingerprint density at radius 3 is 2.22 bits per heavy atom. The number of nitrogens with one attached hydrogen (secondary N) is 1. The summed E-state index contributed by atoms with van der Waals surface area (Å²) in [6.45, 7) is -2.62. The molecule has 0 amide bonds. The van der Waals surface area contributed by atoms with Crippen molar-refractivity contribution in [2.45, 2.75) is 17.5 Å². The van der Waals surface area contributed by atoms with Gasteiger partial charge in [-0.15, -0.1) is 0 Å². The second kappa shape index (κ2) is 9.16. The van der Waals surface area contributed by atoms with E-state index in [4.69, 9.17) is 23.2 Å². The Balaban J connectivity index is 2.28. The Hall–Kier alpha value is -1.45. The van der Waals surface area contributed by atoms with Crippen molar-refractivity contribution in [1.29, 1.82) is 0 Å². The highest BCUT2D eigenvalue weighted by Crippen LogP contribution is 2.27. The Labute approximate surface area is 166 Å². The molecule has 0 fully saturated rings. The van der Waals surface area contributed by atoms with Crippen LogP contribution in [0.5, 0.6) is 5.75 Å². The maximum Gasteiger partial charge on any atom is 0.387 e.